The molecule has 1 amide bonds. The number of halogens is 1. The smallest absolute Gasteiger partial charge is 0.270 e. The van der Waals surface area contributed by atoms with Gasteiger partial charge in [0.25, 0.3) is 5.91 Å². The van der Waals surface area contributed by atoms with E-state index in [-0.39, 0.29) is 5.91 Å². The van der Waals surface area contributed by atoms with E-state index in [1.54, 1.807) is 31.0 Å². The first-order chi connectivity index (χ1) is 13.6. The maximum absolute atomic E-state index is 12.8. The zero-order chi connectivity index (χ0) is 19.9. The Balaban J connectivity index is 2.00. The molecular formula is C21H22ClN3O3. The summed E-state index contributed by atoms with van der Waals surface area (Å²) in [5.74, 6) is 0.494. The van der Waals surface area contributed by atoms with Crippen LogP contribution in [0.1, 0.15) is 16.9 Å². The van der Waals surface area contributed by atoms with Gasteiger partial charge in [-0.05, 0) is 36.8 Å². The fraction of sp³-hybridized carbons (Fsp3) is 0.238. The highest BCUT2D eigenvalue weighted by atomic mass is 35.5. The number of nitrogens with zero attached hydrogens (tertiary/aromatic N) is 2. The number of hydrogen-bond donors (Lipinski definition) is 1. The molecule has 0 atom stereocenters. The SMILES string of the molecule is COCCCNC(=O)c1cc(-c2cccc(OC)c2)nn1-c1ccccc1Cl. The number of ether oxygens (including phenoxy) is 2. The van der Waals surface area contributed by atoms with Gasteiger partial charge in [-0.15, -0.1) is 0 Å². The first-order valence-electron chi connectivity index (χ1n) is 8.90. The lowest BCUT2D eigenvalue weighted by Gasteiger charge is -2.09. The van der Waals surface area contributed by atoms with E-state index >= 15 is 0 Å². The highest BCUT2D eigenvalue weighted by Crippen LogP contribution is 2.27. The third-order valence-electron chi connectivity index (χ3n) is 4.20. The third-order valence-corrected chi connectivity index (χ3v) is 4.52. The van der Waals surface area contributed by atoms with Gasteiger partial charge in [0.05, 0.1) is 23.5 Å². The van der Waals surface area contributed by atoms with Crippen molar-refractivity contribution in [3.8, 4) is 22.7 Å². The average molecular weight is 400 g/mol. The molecule has 0 saturated carbocycles. The van der Waals surface area contributed by atoms with E-state index in [2.05, 4.69) is 10.4 Å². The van der Waals surface area contributed by atoms with Crippen LogP contribution in [0.5, 0.6) is 5.75 Å². The summed E-state index contributed by atoms with van der Waals surface area (Å²) in [6.07, 6.45) is 0.727. The van der Waals surface area contributed by atoms with Crippen LogP contribution in [0, 0.1) is 0 Å². The van der Waals surface area contributed by atoms with Crippen molar-refractivity contribution in [2.24, 2.45) is 0 Å². The van der Waals surface area contributed by atoms with Crippen LogP contribution < -0.4 is 10.1 Å². The molecule has 0 saturated heterocycles. The number of benzene rings is 2. The summed E-state index contributed by atoms with van der Waals surface area (Å²) < 4.78 is 11.9. The predicted octanol–water partition coefficient (Wildman–Crippen LogP) is 3.97. The van der Waals surface area contributed by atoms with Crippen molar-refractivity contribution in [3.63, 3.8) is 0 Å². The molecule has 0 aliphatic carbocycles. The molecule has 7 heteroatoms. The normalized spacial score (nSPS) is 10.7. The van der Waals surface area contributed by atoms with Crippen LogP contribution in [0.25, 0.3) is 16.9 Å². The number of carbonyl (C=O) groups excluding carboxylic acids is 1. The van der Waals surface area contributed by atoms with E-state index in [1.165, 1.54) is 0 Å². The maximum Gasteiger partial charge on any atom is 0.270 e. The molecule has 3 aromatic rings. The lowest BCUT2D eigenvalue weighted by atomic mass is 10.1. The molecule has 0 fully saturated rings. The molecule has 0 aliphatic heterocycles. The average Bonchev–Trinajstić information content (AvgIpc) is 3.17. The van der Waals surface area contributed by atoms with Crippen LogP contribution in [0.2, 0.25) is 5.02 Å². The molecule has 1 heterocycles. The van der Waals surface area contributed by atoms with Crippen molar-refractivity contribution in [1.29, 1.82) is 0 Å². The fourth-order valence-electron chi connectivity index (χ4n) is 2.78. The number of para-hydroxylation sites is 1. The van der Waals surface area contributed by atoms with Crippen molar-refractivity contribution in [2.75, 3.05) is 27.4 Å². The topological polar surface area (TPSA) is 65.4 Å². The number of rotatable bonds is 8. The molecule has 0 bridgehead atoms. The minimum absolute atomic E-state index is 0.224. The Morgan fingerprint density at radius 3 is 2.71 bits per heavy atom. The van der Waals surface area contributed by atoms with Crippen LogP contribution in [-0.2, 0) is 4.74 Å². The monoisotopic (exact) mass is 399 g/mol. The van der Waals surface area contributed by atoms with E-state index in [1.807, 2.05) is 42.5 Å². The van der Waals surface area contributed by atoms with Gasteiger partial charge in [-0.2, -0.15) is 5.10 Å². The Morgan fingerprint density at radius 2 is 1.96 bits per heavy atom. The van der Waals surface area contributed by atoms with Crippen LogP contribution in [0.4, 0.5) is 0 Å². The summed E-state index contributed by atoms with van der Waals surface area (Å²) in [6.45, 7) is 1.09. The van der Waals surface area contributed by atoms with Gasteiger partial charge in [0.1, 0.15) is 11.4 Å². The zero-order valence-electron chi connectivity index (χ0n) is 15.8. The van der Waals surface area contributed by atoms with Gasteiger partial charge in [-0.25, -0.2) is 4.68 Å². The van der Waals surface area contributed by atoms with Crippen LogP contribution in [0.15, 0.2) is 54.6 Å². The number of methoxy groups -OCH3 is 2. The summed E-state index contributed by atoms with van der Waals surface area (Å²) in [5.41, 5.74) is 2.54. The zero-order valence-corrected chi connectivity index (χ0v) is 16.6. The summed E-state index contributed by atoms with van der Waals surface area (Å²) in [4.78, 5) is 12.8. The molecule has 3 rings (SSSR count). The molecule has 1 aromatic heterocycles. The molecule has 0 spiro atoms. The van der Waals surface area contributed by atoms with Gasteiger partial charge in [-0.1, -0.05) is 35.9 Å². The first-order valence-corrected chi connectivity index (χ1v) is 9.28. The summed E-state index contributed by atoms with van der Waals surface area (Å²) in [6, 6.07) is 16.6. The highest BCUT2D eigenvalue weighted by Gasteiger charge is 2.19. The minimum Gasteiger partial charge on any atom is -0.497 e. The van der Waals surface area contributed by atoms with Gasteiger partial charge < -0.3 is 14.8 Å². The van der Waals surface area contributed by atoms with Crippen LogP contribution >= 0.6 is 11.6 Å². The highest BCUT2D eigenvalue weighted by molar-refractivity contribution is 6.32. The number of hydrogen-bond acceptors (Lipinski definition) is 4. The van der Waals surface area contributed by atoms with Crippen LogP contribution in [-0.4, -0.2) is 43.1 Å². The second kappa shape index (κ2) is 9.39. The van der Waals surface area contributed by atoms with Gasteiger partial charge in [0.15, 0.2) is 0 Å². The Kier molecular flexibility index (Phi) is 6.68. The second-order valence-electron chi connectivity index (χ2n) is 6.11. The minimum atomic E-state index is -0.224. The lowest BCUT2D eigenvalue weighted by molar-refractivity contribution is 0.0941. The first kappa shape index (κ1) is 19.9. The molecule has 0 aliphatic rings. The molecule has 0 radical (unpaired) electrons. The molecule has 1 N–H and O–H groups in total. The molecule has 0 unspecified atom stereocenters. The van der Waals surface area contributed by atoms with Crippen molar-refractivity contribution in [2.45, 2.75) is 6.42 Å². The second-order valence-corrected chi connectivity index (χ2v) is 6.52. The predicted molar refractivity (Wildman–Crippen MR) is 109 cm³/mol. The standard InChI is InChI=1S/C21H22ClN3O3/c1-27-12-6-11-23-21(26)20-14-18(15-7-5-8-16(13-15)28-2)24-25(20)19-10-4-3-9-17(19)22/h3-5,7-10,13-14H,6,11-12H2,1-2H3,(H,23,26). The van der Waals surface area contributed by atoms with Crippen molar-refractivity contribution >= 4 is 17.5 Å². The maximum atomic E-state index is 12.8. The van der Waals surface area contributed by atoms with Gasteiger partial charge in [0, 0.05) is 25.8 Å². The largest absolute Gasteiger partial charge is 0.497 e. The van der Waals surface area contributed by atoms with E-state index in [9.17, 15) is 4.79 Å². The number of nitrogens with one attached hydrogen (secondary N) is 1. The lowest BCUT2D eigenvalue weighted by Crippen LogP contribution is -2.27. The van der Waals surface area contributed by atoms with Crippen LogP contribution in [0.3, 0.4) is 0 Å². The molecule has 146 valence electrons. The van der Waals surface area contributed by atoms with Gasteiger partial charge >= 0.3 is 0 Å². The molecular weight excluding hydrogens is 378 g/mol. The van der Waals surface area contributed by atoms with E-state index in [0.29, 0.717) is 35.2 Å². The summed E-state index contributed by atoms with van der Waals surface area (Å²) >= 11 is 6.35. The van der Waals surface area contributed by atoms with E-state index < -0.39 is 0 Å². The van der Waals surface area contributed by atoms with Crippen molar-refractivity contribution in [1.82, 2.24) is 15.1 Å². The summed E-state index contributed by atoms with van der Waals surface area (Å²) in [7, 11) is 3.25. The third kappa shape index (κ3) is 4.52. The fourth-order valence-corrected chi connectivity index (χ4v) is 3.00. The number of carbonyl (C=O) groups is 1. The molecule has 2 aromatic carbocycles. The Hall–Kier alpha value is -2.83. The van der Waals surface area contributed by atoms with E-state index in [4.69, 9.17) is 21.1 Å². The number of amides is 1. The van der Waals surface area contributed by atoms with Crippen molar-refractivity contribution in [3.05, 3.63) is 65.3 Å². The number of aromatic nitrogens is 2. The Labute approximate surface area is 169 Å². The van der Waals surface area contributed by atoms with Crippen molar-refractivity contribution < 1.29 is 14.3 Å². The molecule has 6 nitrogen and oxygen atoms in total. The van der Waals surface area contributed by atoms with E-state index in [0.717, 1.165) is 17.7 Å². The summed E-state index contributed by atoms with van der Waals surface area (Å²) in [5, 5.41) is 8.06. The Bertz CT molecular complexity index is 956. The molecule has 28 heavy (non-hydrogen) atoms. The van der Waals surface area contributed by atoms with Gasteiger partial charge in [-0.3, -0.25) is 4.79 Å². The van der Waals surface area contributed by atoms with Gasteiger partial charge in [0.2, 0.25) is 0 Å². The quantitative estimate of drug-likeness (QED) is 0.582. The Morgan fingerprint density at radius 1 is 1.14 bits per heavy atom.